The summed E-state index contributed by atoms with van der Waals surface area (Å²) in [4.78, 5) is 41.5. The molecule has 0 bridgehead atoms. The highest BCUT2D eigenvalue weighted by molar-refractivity contribution is 6.31. The number of halogens is 1. The average molecular weight is 423 g/mol. The van der Waals surface area contributed by atoms with E-state index in [-0.39, 0.29) is 16.6 Å². The number of fused-ring (bicyclic) bond motifs is 1. The molecular weight excluding hydrogens is 404 g/mol. The number of aryl methyl sites for hydroxylation is 3. The van der Waals surface area contributed by atoms with Crippen molar-refractivity contribution in [2.24, 2.45) is 7.05 Å². The predicted octanol–water partition coefficient (Wildman–Crippen LogP) is 3.54. The van der Waals surface area contributed by atoms with Crippen molar-refractivity contribution in [1.82, 2.24) is 14.1 Å². The van der Waals surface area contributed by atoms with Gasteiger partial charge in [0.05, 0.1) is 16.8 Å². The van der Waals surface area contributed by atoms with Crippen LogP contribution in [-0.4, -0.2) is 20.0 Å². The third-order valence-corrected chi connectivity index (χ3v) is 5.24. The molecule has 2 heterocycles. The Bertz CT molecular complexity index is 1410. The number of nitrogens with one attached hydrogen (secondary N) is 2. The zero-order valence-corrected chi connectivity index (χ0v) is 17.4. The van der Waals surface area contributed by atoms with Crippen molar-refractivity contribution in [1.29, 1.82) is 0 Å². The number of carbonyl (C=O) groups is 1. The molecule has 7 nitrogen and oxygen atoms in total. The quantitative estimate of drug-likeness (QED) is 0.529. The van der Waals surface area contributed by atoms with Crippen molar-refractivity contribution in [2.75, 3.05) is 5.32 Å². The fourth-order valence-electron chi connectivity index (χ4n) is 3.39. The molecular formula is C22H19ClN4O3. The van der Waals surface area contributed by atoms with Crippen molar-refractivity contribution in [3.63, 3.8) is 0 Å². The lowest BCUT2D eigenvalue weighted by molar-refractivity contribution is 0.102. The summed E-state index contributed by atoms with van der Waals surface area (Å²) in [7, 11) is 1.66. The summed E-state index contributed by atoms with van der Waals surface area (Å²) in [5.41, 5.74) is 2.35. The first kappa shape index (κ1) is 19.7. The van der Waals surface area contributed by atoms with Gasteiger partial charge in [-0.2, -0.15) is 0 Å². The molecule has 2 aromatic carbocycles. The molecule has 8 heteroatoms. The van der Waals surface area contributed by atoms with E-state index < -0.39 is 17.2 Å². The number of anilines is 1. The smallest absolute Gasteiger partial charge is 0.333 e. The van der Waals surface area contributed by atoms with Crippen LogP contribution in [0.3, 0.4) is 0 Å². The van der Waals surface area contributed by atoms with Crippen molar-refractivity contribution >= 4 is 34.2 Å². The van der Waals surface area contributed by atoms with Gasteiger partial charge in [0.25, 0.3) is 11.5 Å². The maximum atomic E-state index is 13.1. The Morgan fingerprint density at radius 1 is 1.07 bits per heavy atom. The van der Waals surface area contributed by atoms with Crippen molar-refractivity contribution in [3.8, 4) is 5.69 Å². The Hall–Kier alpha value is -3.58. The van der Waals surface area contributed by atoms with Crippen LogP contribution in [-0.2, 0) is 7.05 Å². The van der Waals surface area contributed by atoms with Gasteiger partial charge in [-0.05, 0) is 43.7 Å². The van der Waals surface area contributed by atoms with Crippen LogP contribution in [0.5, 0.6) is 0 Å². The standard InChI is InChI=1S/C22H19ClN4O3/c1-12-4-8-15(9-5-12)27-21(29)19-18(25-22(27)30)16(11-26(19)3)20(28)24-17-10-14(23)7-6-13(17)2/h4-11H,1-3H3,(H,24,28)(H,25,30). The van der Waals surface area contributed by atoms with E-state index in [4.69, 9.17) is 11.6 Å². The van der Waals surface area contributed by atoms with Gasteiger partial charge in [0, 0.05) is 24.0 Å². The Labute approximate surface area is 176 Å². The van der Waals surface area contributed by atoms with E-state index in [1.807, 2.05) is 26.0 Å². The molecule has 4 rings (SSSR count). The van der Waals surface area contributed by atoms with E-state index >= 15 is 0 Å². The topological polar surface area (TPSA) is 88.9 Å². The molecule has 2 N–H and O–H groups in total. The number of aromatic amines is 1. The largest absolute Gasteiger partial charge is 0.344 e. The van der Waals surface area contributed by atoms with Gasteiger partial charge in [0.15, 0.2) is 0 Å². The third-order valence-electron chi connectivity index (χ3n) is 5.01. The monoisotopic (exact) mass is 422 g/mol. The van der Waals surface area contributed by atoms with Crippen LogP contribution in [0.2, 0.25) is 5.02 Å². The van der Waals surface area contributed by atoms with Gasteiger partial charge in [-0.1, -0.05) is 35.4 Å². The van der Waals surface area contributed by atoms with Crippen LogP contribution in [0.1, 0.15) is 21.5 Å². The minimum Gasteiger partial charge on any atom is -0.344 e. The number of nitrogens with zero attached hydrogens (tertiary/aromatic N) is 2. The Balaban J connectivity index is 1.85. The summed E-state index contributed by atoms with van der Waals surface area (Å²) in [6, 6.07) is 12.2. The molecule has 0 aliphatic rings. The fourth-order valence-corrected chi connectivity index (χ4v) is 3.56. The molecule has 4 aromatic rings. The van der Waals surface area contributed by atoms with Gasteiger partial charge < -0.3 is 14.9 Å². The van der Waals surface area contributed by atoms with E-state index in [0.717, 1.165) is 15.7 Å². The van der Waals surface area contributed by atoms with E-state index in [0.29, 0.717) is 16.4 Å². The Kier molecular flexibility index (Phi) is 4.83. The van der Waals surface area contributed by atoms with Gasteiger partial charge in [-0.15, -0.1) is 0 Å². The number of hydrogen-bond donors (Lipinski definition) is 2. The van der Waals surface area contributed by atoms with Crippen LogP contribution >= 0.6 is 11.6 Å². The van der Waals surface area contributed by atoms with E-state index in [1.165, 1.54) is 10.8 Å². The molecule has 0 saturated carbocycles. The second kappa shape index (κ2) is 7.35. The number of H-pyrrole nitrogens is 1. The van der Waals surface area contributed by atoms with Gasteiger partial charge in [-0.25, -0.2) is 9.36 Å². The molecule has 152 valence electrons. The average Bonchev–Trinajstić information content (AvgIpc) is 3.02. The first-order chi connectivity index (χ1) is 14.3. The molecule has 0 radical (unpaired) electrons. The van der Waals surface area contributed by atoms with Gasteiger partial charge >= 0.3 is 5.69 Å². The highest BCUT2D eigenvalue weighted by Crippen LogP contribution is 2.22. The Morgan fingerprint density at radius 2 is 1.77 bits per heavy atom. The summed E-state index contributed by atoms with van der Waals surface area (Å²) in [6.07, 6.45) is 1.52. The SMILES string of the molecule is Cc1ccc(-n2c(=O)[nH]c3c(C(=O)Nc4cc(Cl)ccc4C)cn(C)c3c2=O)cc1. The number of amides is 1. The number of aromatic nitrogens is 3. The molecule has 0 fully saturated rings. The van der Waals surface area contributed by atoms with Crippen LogP contribution in [0.4, 0.5) is 5.69 Å². The summed E-state index contributed by atoms with van der Waals surface area (Å²) in [5, 5.41) is 3.29. The normalized spacial score (nSPS) is 11.1. The van der Waals surface area contributed by atoms with E-state index in [2.05, 4.69) is 10.3 Å². The molecule has 0 unspecified atom stereocenters. The lowest BCUT2D eigenvalue weighted by Gasteiger charge is -2.09. The Morgan fingerprint density at radius 3 is 2.47 bits per heavy atom. The predicted molar refractivity (Wildman–Crippen MR) is 118 cm³/mol. The highest BCUT2D eigenvalue weighted by Gasteiger charge is 2.20. The molecule has 0 aliphatic carbocycles. The molecule has 0 spiro atoms. The van der Waals surface area contributed by atoms with Gasteiger partial charge in [-0.3, -0.25) is 9.59 Å². The fraction of sp³-hybridized carbons (Fsp3) is 0.136. The number of benzene rings is 2. The molecule has 30 heavy (non-hydrogen) atoms. The van der Waals surface area contributed by atoms with Gasteiger partial charge in [0.1, 0.15) is 5.52 Å². The zero-order chi connectivity index (χ0) is 21.6. The van der Waals surface area contributed by atoms with Crippen molar-refractivity contribution in [2.45, 2.75) is 13.8 Å². The lowest BCUT2D eigenvalue weighted by atomic mass is 10.2. The maximum absolute atomic E-state index is 13.1. The molecule has 0 aliphatic heterocycles. The van der Waals surface area contributed by atoms with Crippen LogP contribution in [0, 0.1) is 13.8 Å². The van der Waals surface area contributed by atoms with Crippen LogP contribution in [0.25, 0.3) is 16.7 Å². The summed E-state index contributed by atoms with van der Waals surface area (Å²) >= 11 is 6.03. The summed E-state index contributed by atoms with van der Waals surface area (Å²) in [6.45, 7) is 3.76. The zero-order valence-electron chi connectivity index (χ0n) is 16.6. The second-order valence-electron chi connectivity index (χ2n) is 7.20. The second-order valence-corrected chi connectivity index (χ2v) is 7.63. The number of carbonyl (C=O) groups excluding carboxylic acids is 1. The molecule has 2 aromatic heterocycles. The van der Waals surface area contributed by atoms with E-state index in [9.17, 15) is 14.4 Å². The number of rotatable bonds is 3. The molecule has 0 saturated heterocycles. The van der Waals surface area contributed by atoms with E-state index in [1.54, 1.807) is 37.4 Å². The summed E-state index contributed by atoms with van der Waals surface area (Å²) < 4.78 is 2.60. The van der Waals surface area contributed by atoms with Crippen molar-refractivity contribution in [3.05, 3.63) is 91.2 Å². The highest BCUT2D eigenvalue weighted by atomic mass is 35.5. The third kappa shape index (κ3) is 3.33. The number of hydrogen-bond acceptors (Lipinski definition) is 3. The minimum atomic E-state index is -0.615. The van der Waals surface area contributed by atoms with Gasteiger partial charge in [0.2, 0.25) is 0 Å². The van der Waals surface area contributed by atoms with Crippen LogP contribution < -0.4 is 16.6 Å². The first-order valence-electron chi connectivity index (χ1n) is 9.25. The molecule has 0 atom stereocenters. The minimum absolute atomic E-state index is 0.188. The van der Waals surface area contributed by atoms with Crippen LogP contribution in [0.15, 0.2) is 58.3 Å². The summed E-state index contributed by atoms with van der Waals surface area (Å²) in [5.74, 6) is -0.450. The first-order valence-corrected chi connectivity index (χ1v) is 9.63. The lowest BCUT2D eigenvalue weighted by Crippen LogP contribution is -2.34. The maximum Gasteiger partial charge on any atom is 0.333 e. The van der Waals surface area contributed by atoms with Crippen molar-refractivity contribution < 1.29 is 4.79 Å². The molecule has 1 amide bonds.